The third kappa shape index (κ3) is 7.35. The molecule has 0 bridgehead atoms. The largest absolute Gasteiger partial charge is 0.497 e. The van der Waals surface area contributed by atoms with Crippen LogP contribution in [0.2, 0.25) is 0 Å². The van der Waals surface area contributed by atoms with Crippen molar-refractivity contribution >= 4 is 28.2 Å². The van der Waals surface area contributed by atoms with Crippen molar-refractivity contribution in [3.05, 3.63) is 54.4 Å². The number of nitrogens with one attached hydrogen (secondary N) is 1. The molecule has 1 fully saturated rings. The van der Waals surface area contributed by atoms with Crippen molar-refractivity contribution in [3.63, 3.8) is 0 Å². The van der Waals surface area contributed by atoms with Crippen LogP contribution < -0.4 is 15.0 Å². The van der Waals surface area contributed by atoms with Gasteiger partial charge in [0.1, 0.15) is 11.5 Å². The summed E-state index contributed by atoms with van der Waals surface area (Å²) in [5, 5.41) is 13.4. The Morgan fingerprint density at radius 3 is 2.32 bits per heavy atom. The quantitative estimate of drug-likeness (QED) is 0.167. The van der Waals surface area contributed by atoms with E-state index >= 15 is 0 Å². The molecule has 0 saturated carbocycles. The van der Waals surface area contributed by atoms with Gasteiger partial charge in [0.25, 0.3) is 5.91 Å². The van der Waals surface area contributed by atoms with Gasteiger partial charge >= 0.3 is 0 Å². The van der Waals surface area contributed by atoms with Gasteiger partial charge in [-0.1, -0.05) is 5.16 Å². The number of amides is 1. The van der Waals surface area contributed by atoms with Crippen LogP contribution in [0, 0.1) is 0 Å². The van der Waals surface area contributed by atoms with Crippen molar-refractivity contribution in [1.82, 2.24) is 20.5 Å². The molecule has 2 aromatic carbocycles. The van der Waals surface area contributed by atoms with Crippen molar-refractivity contribution in [2.24, 2.45) is 0 Å². The molecule has 1 saturated heterocycles. The summed E-state index contributed by atoms with van der Waals surface area (Å²) in [6.45, 7) is 2.26. The van der Waals surface area contributed by atoms with Crippen LogP contribution in [0.4, 0.5) is 0 Å². The second-order valence-corrected chi connectivity index (χ2v) is 11.7. The first-order valence-electron chi connectivity index (χ1n) is 12.9. The van der Waals surface area contributed by atoms with E-state index in [4.69, 9.17) is 18.7 Å². The number of carbonyl (C=O) groups is 1. The van der Waals surface area contributed by atoms with Crippen LogP contribution >= 0.6 is 12.4 Å². The molecule has 0 spiro atoms. The van der Waals surface area contributed by atoms with Gasteiger partial charge in [-0.05, 0) is 67.8 Å². The molecule has 1 aliphatic rings. The Bertz CT molecular complexity index is 1360. The number of likely N-dealkylation sites (tertiary alicyclic amines) is 1. The summed E-state index contributed by atoms with van der Waals surface area (Å²) in [7, 11) is -0.905. The molecule has 12 nitrogen and oxygen atoms in total. The normalized spacial score (nSPS) is 15.1. The molecule has 1 aromatic heterocycles. The van der Waals surface area contributed by atoms with Gasteiger partial charge in [0, 0.05) is 38.7 Å². The second kappa shape index (κ2) is 14.6. The van der Waals surface area contributed by atoms with Crippen molar-refractivity contribution in [2.75, 3.05) is 47.1 Å². The van der Waals surface area contributed by atoms with Gasteiger partial charge in [0.2, 0.25) is 11.7 Å². The molecule has 224 valence electrons. The molecule has 0 aliphatic carbocycles. The fourth-order valence-corrected chi connectivity index (χ4v) is 6.60. The van der Waals surface area contributed by atoms with Crippen LogP contribution in [0.1, 0.15) is 25.2 Å². The number of sulfone groups is 1. The predicted molar refractivity (Wildman–Crippen MR) is 151 cm³/mol. The molecular formula is C27H35ClN4O8S. The number of rotatable bonds is 13. The number of nitrogens with zero attached hydrogens (tertiary/aromatic N) is 3. The minimum absolute atomic E-state index is 0. The minimum atomic E-state index is -4.10. The lowest BCUT2D eigenvalue weighted by Gasteiger charge is -2.39. The number of hydroxylamine groups is 1. The highest BCUT2D eigenvalue weighted by Gasteiger charge is 2.52. The molecule has 2 heterocycles. The van der Waals surface area contributed by atoms with Gasteiger partial charge < -0.3 is 23.6 Å². The van der Waals surface area contributed by atoms with Gasteiger partial charge in [-0.15, -0.1) is 12.4 Å². The molecule has 2 N–H and O–H groups in total. The van der Waals surface area contributed by atoms with Crippen LogP contribution in [-0.4, -0.2) is 86.4 Å². The lowest BCUT2D eigenvalue weighted by atomic mass is 9.95. The Hall–Kier alpha value is -3.23. The van der Waals surface area contributed by atoms with Crippen molar-refractivity contribution in [2.45, 2.75) is 35.3 Å². The monoisotopic (exact) mass is 610 g/mol. The Kier molecular flexibility index (Phi) is 11.5. The Labute approximate surface area is 245 Å². The van der Waals surface area contributed by atoms with Crippen LogP contribution in [0.15, 0.2) is 57.9 Å². The maximum atomic E-state index is 13.6. The Balaban J connectivity index is 0.00000462. The first-order valence-corrected chi connectivity index (χ1v) is 14.4. The minimum Gasteiger partial charge on any atom is -0.497 e. The molecular weight excluding hydrogens is 576 g/mol. The number of halogens is 1. The predicted octanol–water partition coefficient (Wildman–Crippen LogP) is 2.94. The number of benzene rings is 2. The van der Waals surface area contributed by atoms with Gasteiger partial charge in [-0.2, -0.15) is 4.98 Å². The summed E-state index contributed by atoms with van der Waals surface area (Å²) < 4.78 is 46.8. The average molecular weight is 611 g/mol. The summed E-state index contributed by atoms with van der Waals surface area (Å²) in [5.41, 5.74) is 2.39. The summed E-state index contributed by atoms with van der Waals surface area (Å²) in [6, 6.07) is 13.3. The van der Waals surface area contributed by atoms with E-state index in [0.717, 1.165) is 11.3 Å². The van der Waals surface area contributed by atoms with E-state index < -0.39 is 20.5 Å². The van der Waals surface area contributed by atoms with Crippen molar-refractivity contribution in [1.29, 1.82) is 0 Å². The highest BCUT2D eigenvalue weighted by atomic mass is 35.5. The molecule has 0 unspecified atom stereocenters. The molecule has 0 atom stereocenters. The average Bonchev–Trinajstić information content (AvgIpc) is 3.47. The molecule has 1 aliphatic heterocycles. The fraction of sp³-hybridized carbons (Fsp3) is 0.444. The number of piperidine rings is 1. The van der Waals surface area contributed by atoms with Crippen molar-refractivity contribution < 1.29 is 37.2 Å². The fourth-order valence-electron chi connectivity index (χ4n) is 4.65. The first kappa shape index (κ1) is 32.3. The lowest BCUT2D eigenvalue weighted by Crippen LogP contribution is -2.57. The zero-order valence-corrected chi connectivity index (χ0v) is 24.6. The second-order valence-electron chi connectivity index (χ2n) is 9.44. The third-order valence-electron chi connectivity index (χ3n) is 7.06. The summed E-state index contributed by atoms with van der Waals surface area (Å²) >= 11 is 0. The molecule has 41 heavy (non-hydrogen) atoms. The van der Waals surface area contributed by atoms with E-state index in [9.17, 15) is 18.4 Å². The maximum absolute atomic E-state index is 13.6. The molecule has 14 heteroatoms. The van der Waals surface area contributed by atoms with E-state index in [1.165, 1.54) is 12.1 Å². The molecule has 3 aromatic rings. The maximum Gasteiger partial charge on any atom is 0.265 e. The van der Waals surface area contributed by atoms with Gasteiger partial charge in [-0.25, -0.2) is 13.9 Å². The lowest BCUT2D eigenvalue weighted by molar-refractivity contribution is -0.133. The van der Waals surface area contributed by atoms with E-state index in [-0.39, 0.29) is 30.1 Å². The highest BCUT2D eigenvalue weighted by molar-refractivity contribution is 7.93. The zero-order valence-electron chi connectivity index (χ0n) is 22.9. The number of hydrogen-bond donors (Lipinski definition) is 2. The SMILES string of the molecule is COCCN1CCC(C(=O)NO)(S(=O)(=O)c2ccc(OCCCc3nc(-c4ccc(OC)cc4)no3)cc2)CC1.Cl. The van der Waals surface area contributed by atoms with E-state index in [1.54, 1.807) is 31.8 Å². The number of aryl methyl sites for hydroxylation is 1. The third-order valence-corrected chi connectivity index (χ3v) is 9.57. The standard InChI is InChI=1S/C27H34N4O8S.ClH/c1-36-19-17-31-15-13-27(14-16-31,26(32)29-33)40(34,35)23-11-9-22(10-12-23)38-18-3-4-24-28-25(30-39-24)20-5-7-21(37-2)8-6-20;/h5-12,33H,3-4,13-19H2,1-2H3,(H,29,32);1H. The van der Waals surface area contributed by atoms with Crippen LogP contribution in [0.25, 0.3) is 11.4 Å². The summed E-state index contributed by atoms with van der Waals surface area (Å²) in [6.07, 6.45) is 1.22. The highest BCUT2D eigenvalue weighted by Crippen LogP contribution is 2.36. The van der Waals surface area contributed by atoms with E-state index in [0.29, 0.717) is 63.2 Å². The molecule has 0 radical (unpaired) electrons. The molecule has 4 rings (SSSR count). The van der Waals surface area contributed by atoms with Crippen LogP contribution in [-0.2, 0) is 25.8 Å². The van der Waals surface area contributed by atoms with Gasteiger partial charge in [0.15, 0.2) is 14.6 Å². The number of carbonyl (C=O) groups excluding carboxylic acids is 1. The number of hydrogen-bond acceptors (Lipinski definition) is 11. The summed E-state index contributed by atoms with van der Waals surface area (Å²) in [4.78, 5) is 19.1. The van der Waals surface area contributed by atoms with Crippen LogP contribution in [0.5, 0.6) is 11.5 Å². The number of aromatic nitrogens is 2. The van der Waals surface area contributed by atoms with E-state index in [1.807, 2.05) is 29.2 Å². The zero-order chi connectivity index (χ0) is 28.6. The Morgan fingerprint density at radius 1 is 1.05 bits per heavy atom. The van der Waals surface area contributed by atoms with Crippen molar-refractivity contribution in [3.8, 4) is 22.9 Å². The van der Waals surface area contributed by atoms with Gasteiger partial charge in [0.05, 0.1) is 25.2 Å². The van der Waals surface area contributed by atoms with Crippen LogP contribution in [0.3, 0.4) is 0 Å². The number of ether oxygens (including phenoxy) is 3. The topological polar surface area (TPSA) is 153 Å². The van der Waals surface area contributed by atoms with Gasteiger partial charge in [-0.3, -0.25) is 10.0 Å². The summed E-state index contributed by atoms with van der Waals surface area (Å²) in [5.74, 6) is 1.28. The first-order chi connectivity index (χ1) is 19.3. The number of methoxy groups -OCH3 is 2. The molecule has 1 amide bonds. The van der Waals surface area contributed by atoms with E-state index in [2.05, 4.69) is 10.1 Å². The smallest absolute Gasteiger partial charge is 0.265 e. The Morgan fingerprint density at radius 2 is 1.71 bits per heavy atom.